The van der Waals surface area contributed by atoms with Crippen LogP contribution in [0.2, 0.25) is 0 Å². The zero-order valence-electron chi connectivity index (χ0n) is 13.6. The minimum absolute atomic E-state index is 0.335. The highest BCUT2D eigenvalue weighted by Crippen LogP contribution is 2.22. The third-order valence-electron chi connectivity index (χ3n) is 3.87. The molecule has 0 bridgehead atoms. The van der Waals surface area contributed by atoms with Crippen molar-refractivity contribution in [1.29, 1.82) is 0 Å². The second kappa shape index (κ2) is 7.41. The van der Waals surface area contributed by atoms with E-state index in [4.69, 9.17) is 0 Å². The van der Waals surface area contributed by atoms with Gasteiger partial charge in [0.25, 0.3) is 0 Å². The van der Waals surface area contributed by atoms with Crippen molar-refractivity contribution in [3.8, 4) is 0 Å². The molecule has 3 nitrogen and oxygen atoms in total. The average Bonchev–Trinajstić information content (AvgIpc) is 2.95. The summed E-state index contributed by atoms with van der Waals surface area (Å²) in [4.78, 5) is 0. The Labute approximate surface area is 128 Å². The van der Waals surface area contributed by atoms with Crippen LogP contribution in [0.15, 0.2) is 36.5 Å². The molecule has 1 aromatic carbocycles. The Morgan fingerprint density at radius 1 is 1.14 bits per heavy atom. The zero-order valence-corrected chi connectivity index (χ0v) is 13.6. The molecule has 2 aromatic rings. The van der Waals surface area contributed by atoms with Crippen molar-refractivity contribution in [3.63, 3.8) is 0 Å². The van der Waals surface area contributed by atoms with Crippen LogP contribution in [0.1, 0.15) is 56.6 Å². The summed E-state index contributed by atoms with van der Waals surface area (Å²) < 4.78 is 2.03. The molecule has 0 saturated heterocycles. The van der Waals surface area contributed by atoms with Gasteiger partial charge >= 0.3 is 0 Å². The van der Waals surface area contributed by atoms with Crippen molar-refractivity contribution >= 4 is 0 Å². The molecule has 0 aliphatic carbocycles. The van der Waals surface area contributed by atoms with Crippen LogP contribution >= 0.6 is 0 Å². The third kappa shape index (κ3) is 3.94. The summed E-state index contributed by atoms with van der Waals surface area (Å²) in [5.74, 6) is 0. The highest BCUT2D eigenvalue weighted by Gasteiger charge is 2.15. The lowest BCUT2D eigenvalue weighted by molar-refractivity contribution is 0.505. The van der Waals surface area contributed by atoms with Gasteiger partial charge in [-0.3, -0.25) is 4.68 Å². The van der Waals surface area contributed by atoms with E-state index in [1.807, 2.05) is 4.68 Å². The van der Waals surface area contributed by atoms with Crippen molar-refractivity contribution in [1.82, 2.24) is 15.1 Å². The fourth-order valence-corrected chi connectivity index (χ4v) is 2.72. The van der Waals surface area contributed by atoms with E-state index < -0.39 is 0 Å². The molecule has 0 saturated carbocycles. The smallest absolute Gasteiger partial charge is 0.0643 e. The SMILES string of the molecule is CCNC(Cc1ccn(C(C)C)n1)c1ccccc1CC. The van der Waals surface area contributed by atoms with E-state index in [0.717, 1.165) is 25.1 Å². The molecule has 0 amide bonds. The third-order valence-corrected chi connectivity index (χ3v) is 3.87. The highest BCUT2D eigenvalue weighted by molar-refractivity contribution is 5.31. The van der Waals surface area contributed by atoms with Crippen molar-refractivity contribution in [2.75, 3.05) is 6.54 Å². The molecule has 0 fully saturated rings. The van der Waals surface area contributed by atoms with Crippen LogP contribution in [-0.4, -0.2) is 16.3 Å². The monoisotopic (exact) mass is 285 g/mol. The fourth-order valence-electron chi connectivity index (χ4n) is 2.72. The first-order valence-corrected chi connectivity index (χ1v) is 8.00. The minimum atomic E-state index is 0.335. The van der Waals surface area contributed by atoms with Gasteiger partial charge in [0, 0.05) is 24.7 Å². The molecular formula is C18H27N3. The van der Waals surface area contributed by atoms with Crippen LogP contribution in [0.3, 0.4) is 0 Å². The quantitative estimate of drug-likeness (QED) is 0.835. The molecule has 2 rings (SSSR count). The van der Waals surface area contributed by atoms with Crippen LogP contribution < -0.4 is 5.32 Å². The molecule has 3 heteroatoms. The highest BCUT2D eigenvalue weighted by atomic mass is 15.3. The minimum Gasteiger partial charge on any atom is -0.310 e. The Morgan fingerprint density at radius 3 is 2.52 bits per heavy atom. The maximum absolute atomic E-state index is 4.69. The van der Waals surface area contributed by atoms with Gasteiger partial charge in [-0.15, -0.1) is 0 Å². The van der Waals surface area contributed by atoms with Gasteiger partial charge in [0.05, 0.1) is 5.69 Å². The van der Waals surface area contributed by atoms with Gasteiger partial charge in [-0.2, -0.15) is 5.10 Å². The first kappa shape index (κ1) is 15.8. The number of likely N-dealkylation sites (N-methyl/N-ethyl adjacent to an activating group) is 1. The Kier molecular flexibility index (Phi) is 5.57. The number of benzene rings is 1. The summed E-state index contributed by atoms with van der Waals surface area (Å²) in [6.07, 6.45) is 4.08. The molecule has 1 N–H and O–H groups in total. The number of aryl methyl sites for hydroxylation is 1. The summed E-state index contributed by atoms with van der Waals surface area (Å²) in [7, 11) is 0. The lowest BCUT2D eigenvalue weighted by Gasteiger charge is -2.20. The maximum atomic E-state index is 4.69. The molecule has 0 radical (unpaired) electrons. The van der Waals surface area contributed by atoms with E-state index in [1.54, 1.807) is 0 Å². The van der Waals surface area contributed by atoms with Crippen molar-refractivity contribution < 1.29 is 0 Å². The standard InChI is InChI=1S/C18H27N3/c1-5-15-9-7-8-10-17(15)18(19-6-2)13-16-11-12-21(20-16)14(3)4/h7-12,14,18-19H,5-6,13H2,1-4H3. The predicted molar refractivity (Wildman–Crippen MR) is 88.6 cm³/mol. The Hall–Kier alpha value is -1.61. The summed E-state index contributed by atoms with van der Waals surface area (Å²) >= 11 is 0. The fraction of sp³-hybridized carbons (Fsp3) is 0.500. The number of hydrogen-bond donors (Lipinski definition) is 1. The molecule has 1 atom stereocenters. The van der Waals surface area contributed by atoms with Gasteiger partial charge in [0.1, 0.15) is 0 Å². The first-order chi connectivity index (χ1) is 10.2. The number of nitrogens with one attached hydrogen (secondary N) is 1. The van der Waals surface area contributed by atoms with Gasteiger partial charge in [0.2, 0.25) is 0 Å². The number of rotatable bonds is 7. The molecule has 1 aromatic heterocycles. The molecule has 0 spiro atoms. The second-order valence-corrected chi connectivity index (χ2v) is 5.75. The summed E-state index contributed by atoms with van der Waals surface area (Å²) in [5.41, 5.74) is 3.98. The van der Waals surface area contributed by atoms with Crippen LogP contribution in [-0.2, 0) is 12.8 Å². The normalized spacial score (nSPS) is 12.8. The lowest BCUT2D eigenvalue weighted by Crippen LogP contribution is -2.24. The number of aromatic nitrogens is 2. The van der Waals surface area contributed by atoms with E-state index in [0.29, 0.717) is 12.1 Å². The number of hydrogen-bond acceptors (Lipinski definition) is 2. The summed E-state index contributed by atoms with van der Waals surface area (Å²) in [6.45, 7) is 9.66. The molecule has 1 heterocycles. The molecule has 0 aliphatic heterocycles. The van der Waals surface area contributed by atoms with E-state index in [1.165, 1.54) is 11.1 Å². The first-order valence-electron chi connectivity index (χ1n) is 8.00. The van der Waals surface area contributed by atoms with Crippen molar-refractivity contribution in [2.24, 2.45) is 0 Å². The molecular weight excluding hydrogens is 258 g/mol. The van der Waals surface area contributed by atoms with Gasteiger partial charge in [-0.25, -0.2) is 0 Å². The van der Waals surface area contributed by atoms with Crippen LogP contribution in [0.4, 0.5) is 0 Å². The molecule has 114 valence electrons. The van der Waals surface area contributed by atoms with E-state index in [-0.39, 0.29) is 0 Å². The maximum Gasteiger partial charge on any atom is 0.0643 e. The van der Waals surface area contributed by atoms with Crippen LogP contribution in [0.25, 0.3) is 0 Å². The lowest BCUT2D eigenvalue weighted by atomic mass is 9.95. The van der Waals surface area contributed by atoms with Gasteiger partial charge in [-0.1, -0.05) is 38.1 Å². The largest absolute Gasteiger partial charge is 0.310 e. The Morgan fingerprint density at radius 2 is 1.90 bits per heavy atom. The van der Waals surface area contributed by atoms with Crippen molar-refractivity contribution in [2.45, 2.75) is 52.6 Å². The zero-order chi connectivity index (χ0) is 15.2. The second-order valence-electron chi connectivity index (χ2n) is 5.75. The average molecular weight is 285 g/mol. The Balaban J connectivity index is 2.22. The molecule has 0 aliphatic rings. The summed E-state index contributed by atoms with van der Waals surface area (Å²) in [5, 5.41) is 8.30. The summed E-state index contributed by atoms with van der Waals surface area (Å²) in [6, 6.07) is 11.6. The van der Waals surface area contributed by atoms with Gasteiger partial charge < -0.3 is 5.32 Å². The Bertz CT molecular complexity index is 557. The topological polar surface area (TPSA) is 29.9 Å². The molecule has 21 heavy (non-hydrogen) atoms. The molecule has 1 unspecified atom stereocenters. The van der Waals surface area contributed by atoms with Gasteiger partial charge in [0.15, 0.2) is 0 Å². The predicted octanol–water partition coefficient (Wildman–Crippen LogP) is 3.92. The van der Waals surface area contributed by atoms with E-state index in [9.17, 15) is 0 Å². The van der Waals surface area contributed by atoms with E-state index >= 15 is 0 Å². The van der Waals surface area contributed by atoms with Crippen molar-refractivity contribution in [3.05, 3.63) is 53.3 Å². The number of nitrogens with zero attached hydrogens (tertiary/aromatic N) is 2. The van der Waals surface area contributed by atoms with Crippen LogP contribution in [0.5, 0.6) is 0 Å². The van der Waals surface area contributed by atoms with Crippen LogP contribution in [0, 0.1) is 0 Å². The van der Waals surface area contributed by atoms with Gasteiger partial charge in [-0.05, 0) is 44.0 Å². The van der Waals surface area contributed by atoms with E-state index in [2.05, 4.69) is 74.6 Å².